The average Bonchev–Trinajstić information content (AvgIpc) is 2.28. The zero-order valence-electron chi connectivity index (χ0n) is 11.8. The Labute approximate surface area is 115 Å². The first kappa shape index (κ1) is 15.5. The Balaban J connectivity index is 2.62. The summed E-state index contributed by atoms with van der Waals surface area (Å²) in [4.78, 5) is 0. The normalized spacial score (nSPS) is 14.8. The molecule has 0 aromatic heterocycles. The summed E-state index contributed by atoms with van der Waals surface area (Å²) < 4.78 is 0. The number of thioether (sulfide) groups is 1. The smallest absolute Gasteiger partial charge is 0.0565 e. The number of nitrogens with two attached hydrogens (primary N) is 1. The molecule has 0 amide bonds. The molecule has 0 aliphatic heterocycles. The zero-order valence-corrected chi connectivity index (χ0v) is 12.6. The van der Waals surface area contributed by atoms with Crippen LogP contribution < -0.4 is 5.73 Å². The van der Waals surface area contributed by atoms with Crippen molar-refractivity contribution in [1.29, 1.82) is 0 Å². The van der Waals surface area contributed by atoms with Gasteiger partial charge < -0.3 is 10.8 Å². The van der Waals surface area contributed by atoms with E-state index >= 15 is 0 Å². The second-order valence-corrected chi connectivity index (χ2v) is 6.58. The Morgan fingerprint density at radius 1 is 1.17 bits per heavy atom. The molecule has 2 atom stereocenters. The maximum atomic E-state index is 9.43. The van der Waals surface area contributed by atoms with Crippen molar-refractivity contribution >= 4 is 11.8 Å². The maximum absolute atomic E-state index is 9.43. The molecule has 1 aromatic rings. The number of aliphatic hydroxyl groups is 1. The highest BCUT2D eigenvalue weighted by Gasteiger charge is 2.20. The van der Waals surface area contributed by atoms with Crippen LogP contribution >= 0.6 is 11.8 Å². The first-order valence-electron chi connectivity index (χ1n) is 6.49. The Kier molecular flexibility index (Phi) is 6.19. The summed E-state index contributed by atoms with van der Waals surface area (Å²) in [5.41, 5.74) is 10.0. The van der Waals surface area contributed by atoms with Gasteiger partial charge in [0, 0.05) is 17.0 Å². The standard InChI is InChI=1S/C15H25NOS/c1-10(2)15(16)14(8-17)18-9-13-6-11(3)5-12(4)7-13/h5-7,10,14-15,17H,8-9,16H2,1-4H3. The molecule has 1 rings (SSSR count). The molecule has 3 N–H and O–H groups in total. The molecule has 18 heavy (non-hydrogen) atoms. The molecule has 0 spiro atoms. The summed E-state index contributed by atoms with van der Waals surface area (Å²) in [6, 6.07) is 6.63. The van der Waals surface area contributed by atoms with Gasteiger partial charge in [0.2, 0.25) is 0 Å². The molecule has 0 saturated carbocycles. The predicted molar refractivity (Wildman–Crippen MR) is 80.9 cm³/mol. The highest BCUT2D eigenvalue weighted by molar-refractivity contribution is 7.99. The van der Waals surface area contributed by atoms with Gasteiger partial charge >= 0.3 is 0 Å². The van der Waals surface area contributed by atoms with Crippen molar-refractivity contribution in [2.75, 3.05) is 6.61 Å². The van der Waals surface area contributed by atoms with Crippen LogP contribution in [0.5, 0.6) is 0 Å². The Morgan fingerprint density at radius 3 is 2.17 bits per heavy atom. The molecule has 0 aliphatic rings. The van der Waals surface area contributed by atoms with Crippen molar-refractivity contribution in [3.8, 4) is 0 Å². The van der Waals surface area contributed by atoms with E-state index in [1.807, 2.05) is 0 Å². The number of aliphatic hydroxyl groups excluding tert-OH is 1. The van der Waals surface area contributed by atoms with Crippen LogP contribution in [0.3, 0.4) is 0 Å². The van der Waals surface area contributed by atoms with Crippen molar-refractivity contribution in [1.82, 2.24) is 0 Å². The minimum absolute atomic E-state index is 0.0471. The van der Waals surface area contributed by atoms with Gasteiger partial charge in [-0.15, -0.1) is 11.8 Å². The Bertz CT molecular complexity index is 359. The maximum Gasteiger partial charge on any atom is 0.0565 e. The van der Waals surface area contributed by atoms with E-state index in [4.69, 9.17) is 5.73 Å². The van der Waals surface area contributed by atoms with Crippen LogP contribution in [-0.4, -0.2) is 23.0 Å². The number of rotatable bonds is 6. The Hall–Kier alpha value is -0.510. The fourth-order valence-corrected chi connectivity index (χ4v) is 3.29. The predicted octanol–water partition coefficient (Wildman–Crippen LogP) is 2.88. The monoisotopic (exact) mass is 267 g/mol. The van der Waals surface area contributed by atoms with E-state index in [1.54, 1.807) is 11.8 Å². The molecule has 2 unspecified atom stereocenters. The lowest BCUT2D eigenvalue weighted by Crippen LogP contribution is -2.39. The lowest BCUT2D eigenvalue weighted by Gasteiger charge is -2.24. The van der Waals surface area contributed by atoms with Crippen LogP contribution in [0.4, 0.5) is 0 Å². The molecule has 0 radical (unpaired) electrons. The third-order valence-corrected chi connectivity index (χ3v) is 4.52. The van der Waals surface area contributed by atoms with Crippen LogP contribution in [0.1, 0.15) is 30.5 Å². The minimum atomic E-state index is 0.0471. The largest absolute Gasteiger partial charge is 0.395 e. The van der Waals surface area contributed by atoms with Crippen molar-refractivity contribution in [2.24, 2.45) is 11.7 Å². The molecule has 0 fully saturated rings. The molecule has 0 saturated heterocycles. The average molecular weight is 267 g/mol. The molecular weight excluding hydrogens is 242 g/mol. The van der Waals surface area contributed by atoms with Crippen LogP contribution in [0.25, 0.3) is 0 Å². The summed E-state index contributed by atoms with van der Waals surface area (Å²) in [5, 5.41) is 9.55. The van der Waals surface area contributed by atoms with E-state index in [9.17, 15) is 5.11 Å². The van der Waals surface area contributed by atoms with Gasteiger partial charge in [-0.05, 0) is 25.3 Å². The number of benzene rings is 1. The van der Waals surface area contributed by atoms with Crippen LogP contribution in [0, 0.1) is 19.8 Å². The second-order valence-electron chi connectivity index (χ2n) is 5.35. The first-order valence-corrected chi connectivity index (χ1v) is 7.54. The highest BCUT2D eigenvalue weighted by Crippen LogP contribution is 2.23. The van der Waals surface area contributed by atoms with E-state index < -0.39 is 0 Å². The summed E-state index contributed by atoms with van der Waals surface area (Å²) in [5.74, 6) is 1.31. The first-order chi connectivity index (χ1) is 8.43. The lowest BCUT2D eigenvalue weighted by atomic mass is 10.0. The number of aryl methyl sites for hydroxylation is 2. The fourth-order valence-electron chi connectivity index (χ4n) is 2.07. The van der Waals surface area contributed by atoms with E-state index in [-0.39, 0.29) is 17.9 Å². The summed E-state index contributed by atoms with van der Waals surface area (Å²) in [6.07, 6.45) is 0. The number of hydrogen-bond acceptors (Lipinski definition) is 3. The molecular formula is C15H25NOS. The van der Waals surface area contributed by atoms with E-state index in [0.29, 0.717) is 5.92 Å². The summed E-state index contributed by atoms with van der Waals surface area (Å²) in [6.45, 7) is 8.58. The topological polar surface area (TPSA) is 46.2 Å². The van der Waals surface area contributed by atoms with Gasteiger partial charge in [-0.2, -0.15) is 0 Å². The fraction of sp³-hybridized carbons (Fsp3) is 0.600. The quantitative estimate of drug-likeness (QED) is 0.833. The second kappa shape index (κ2) is 7.17. The summed E-state index contributed by atoms with van der Waals surface area (Å²) >= 11 is 1.75. The van der Waals surface area contributed by atoms with Crippen LogP contribution in [0.15, 0.2) is 18.2 Å². The lowest BCUT2D eigenvalue weighted by molar-refractivity contribution is 0.269. The molecule has 102 valence electrons. The van der Waals surface area contributed by atoms with E-state index in [1.165, 1.54) is 16.7 Å². The van der Waals surface area contributed by atoms with E-state index in [0.717, 1.165) is 5.75 Å². The van der Waals surface area contributed by atoms with E-state index in [2.05, 4.69) is 45.9 Å². The third kappa shape index (κ3) is 4.63. The van der Waals surface area contributed by atoms with Gasteiger partial charge in [-0.3, -0.25) is 0 Å². The molecule has 2 nitrogen and oxygen atoms in total. The summed E-state index contributed by atoms with van der Waals surface area (Å²) in [7, 11) is 0. The molecule has 0 heterocycles. The molecule has 1 aromatic carbocycles. The third-order valence-electron chi connectivity index (χ3n) is 3.12. The minimum Gasteiger partial charge on any atom is -0.395 e. The van der Waals surface area contributed by atoms with Gasteiger partial charge in [0.05, 0.1) is 6.61 Å². The SMILES string of the molecule is Cc1cc(C)cc(CSC(CO)C(N)C(C)C)c1. The van der Waals surface area contributed by atoms with Crippen LogP contribution in [0.2, 0.25) is 0 Å². The van der Waals surface area contributed by atoms with Crippen molar-refractivity contribution in [3.05, 3.63) is 34.9 Å². The van der Waals surface area contributed by atoms with Gasteiger partial charge in [0.15, 0.2) is 0 Å². The molecule has 0 aliphatic carbocycles. The molecule has 0 bridgehead atoms. The van der Waals surface area contributed by atoms with Gasteiger partial charge in [-0.1, -0.05) is 43.2 Å². The molecule has 3 heteroatoms. The van der Waals surface area contributed by atoms with Gasteiger partial charge in [0.1, 0.15) is 0 Å². The van der Waals surface area contributed by atoms with Gasteiger partial charge in [0.25, 0.3) is 0 Å². The van der Waals surface area contributed by atoms with Crippen molar-refractivity contribution in [2.45, 2.75) is 44.7 Å². The zero-order chi connectivity index (χ0) is 13.7. The Morgan fingerprint density at radius 2 is 1.72 bits per heavy atom. The number of hydrogen-bond donors (Lipinski definition) is 2. The van der Waals surface area contributed by atoms with Gasteiger partial charge in [-0.25, -0.2) is 0 Å². The van der Waals surface area contributed by atoms with Crippen molar-refractivity contribution in [3.63, 3.8) is 0 Å². The highest BCUT2D eigenvalue weighted by atomic mass is 32.2. The van der Waals surface area contributed by atoms with Crippen LogP contribution in [-0.2, 0) is 5.75 Å². The van der Waals surface area contributed by atoms with Crippen molar-refractivity contribution < 1.29 is 5.11 Å².